The Labute approximate surface area is 118 Å². The van der Waals surface area contributed by atoms with E-state index in [-0.39, 0.29) is 5.75 Å². The van der Waals surface area contributed by atoms with E-state index in [1.54, 1.807) is 18.2 Å². The van der Waals surface area contributed by atoms with Gasteiger partial charge in [-0.15, -0.1) is 0 Å². The number of halogens is 4. The third-order valence-corrected chi connectivity index (χ3v) is 3.61. The Morgan fingerprint density at radius 1 is 0.647 bits per heavy atom. The zero-order valence-electron chi connectivity index (χ0n) is 8.35. The van der Waals surface area contributed by atoms with Crippen molar-refractivity contribution in [3.8, 4) is 16.9 Å². The lowest BCUT2D eigenvalue weighted by Crippen LogP contribution is -1.83. The first-order valence-corrected chi connectivity index (χ1v) is 6.13. The summed E-state index contributed by atoms with van der Waals surface area (Å²) in [4.78, 5) is 0. The molecule has 0 aliphatic rings. The van der Waals surface area contributed by atoms with Gasteiger partial charge in [0.05, 0.1) is 15.1 Å². The van der Waals surface area contributed by atoms with E-state index < -0.39 is 0 Å². The minimum Gasteiger partial charge on any atom is -0.508 e. The number of rotatable bonds is 1. The maximum absolute atomic E-state index is 9.45. The number of aromatic hydroxyl groups is 1. The van der Waals surface area contributed by atoms with Gasteiger partial charge in [0.25, 0.3) is 0 Å². The highest BCUT2D eigenvalue weighted by Crippen LogP contribution is 2.39. The molecular formula is C12H6Cl4O. The van der Waals surface area contributed by atoms with E-state index in [0.29, 0.717) is 31.2 Å². The van der Waals surface area contributed by atoms with E-state index in [4.69, 9.17) is 46.4 Å². The van der Waals surface area contributed by atoms with Crippen molar-refractivity contribution >= 4 is 46.4 Å². The van der Waals surface area contributed by atoms with Crippen molar-refractivity contribution in [1.82, 2.24) is 0 Å². The molecule has 2 aromatic carbocycles. The molecule has 0 saturated heterocycles. The minimum atomic E-state index is 0.103. The maximum atomic E-state index is 9.45. The fourth-order valence-corrected chi connectivity index (χ4v) is 2.32. The van der Waals surface area contributed by atoms with Crippen LogP contribution >= 0.6 is 46.4 Å². The zero-order valence-corrected chi connectivity index (χ0v) is 11.4. The van der Waals surface area contributed by atoms with Crippen molar-refractivity contribution in [1.29, 1.82) is 0 Å². The SMILES string of the molecule is Oc1ccc(Cl)c(-c2cc(Cl)c(Cl)cc2Cl)c1. The molecule has 0 unspecified atom stereocenters. The highest BCUT2D eigenvalue weighted by Gasteiger charge is 2.11. The van der Waals surface area contributed by atoms with E-state index >= 15 is 0 Å². The van der Waals surface area contributed by atoms with Crippen LogP contribution in [-0.4, -0.2) is 5.11 Å². The molecule has 0 bridgehead atoms. The van der Waals surface area contributed by atoms with Crippen molar-refractivity contribution in [2.24, 2.45) is 0 Å². The Morgan fingerprint density at radius 2 is 1.24 bits per heavy atom. The van der Waals surface area contributed by atoms with Crippen LogP contribution in [0.15, 0.2) is 30.3 Å². The second kappa shape index (κ2) is 4.95. The van der Waals surface area contributed by atoms with Crippen LogP contribution in [0.25, 0.3) is 11.1 Å². The molecule has 0 aliphatic heterocycles. The molecule has 88 valence electrons. The third kappa shape index (κ3) is 2.63. The van der Waals surface area contributed by atoms with Crippen LogP contribution < -0.4 is 0 Å². The molecule has 5 heteroatoms. The first-order valence-electron chi connectivity index (χ1n) is 4.62. The van der Waals surface area contributed by atoms with E-state index in [2.05, 4.69) is 0 Å². The van der Waals surface area contributed by atoms with Gasteiger partial charge in [-0.25, -0.2) is 0 Å². The third-order valence-electron chi connectivity index (χ3n) is 2.25. The second-order valence-corrected chi connectivity index (χ2v) is 5.04. The monoisotopic (exact) mass is 306 g/mol. The molecule has 0 fully saturated rings. The molecule has 1 nitrogen and oxygen atoms in total. The van der Waals surface area contributed by atoms with Crippen LogP contribution in [-0.2, 0) is 0 Å². The number of hydrogen-bond donors (Lipinski definition) is 1. The summed E-state index contributed by atoms with van der Waals surface area (Å²) < 4.78 is 0. The van der Waals surface area contributed by atoms with Gasteiger partial charge in [-0.3, -0.25) is 0 Å². The summed E-state index contributed by atoms with van der Waals surface area (Å²) in [5, 5.41) is 11.1. The number of benzene rings is 2. The Bertz CT molecular complexity index is 581. The fraction of sp³-hybridized carbons (Fsp3) is 0. The van der Waals surface area contributed by atoms with Gasteiger partial charge in [0.1, 0.15) is 5.75 Å². The molecule has 2 aromatic rings. The Hall–Kier alpha value is -0.600. The number of phenols is 1. The van der Waals surface area contributed by atoms with Gasteiger partial charge in [0.2, 0.25) is 0 Å². The quantitative estimate of drug-likeness (QED) is 0.673. The summed E-state index contributed by atoms with van der Waals surface area (Å²) in [5.41, 5.74) is 1.23. The van der Waals surface area contributed by atoms with Gasteiger partial charge in [-0.2, -0.15) is 0 Å². The topological polar surface area (TPSA) is 20.2 Å². The predicted molar refractivity (Wildman–Crippen MR) is 73.6 cm³/mol. The minimum absolute atomic E-state index is 0.103. The Kier molecular flexibility index (Phi) is 3.74. The fourth-order valence-electron chi connectivity index (χ4n) is 1.45. The predicted octanol–water partition coefficient (Wildman–Crippen LogP) is 5.67. The number of hydrogen-bond acceptors (Lipinski definition) is 1. The number of phenolic OH excluding ortho intramolecular Hbond substituents is 1. The highest BCUT2D eigenvalue weighted by atomic mass is 35.5. The summed E-state index contributed by atoms with van der Waals surface area (Å²) in [7, 11) is 0. The molecule has 17 heavy (non-hydrogen) atoms. The van der Waals surface area contributed by atoms with Crippen LogP contribution in [0, 0.1) is 0 Å². The maximum Gasteiger partial charge on any atom is 0.116 e. The summed E-state index contributed by atoms with van der Waals surface area (Å²) in [6.07, 6.45) is 0. The van der Waals surface area contributed by atoms with E-state index in [1.807, 2.05) is 0 Å². The molecule has 0 heterocycles. The molecule has 1 N–H and O–H groups in total. The molecule has 2 rings (SSSR count). The zero-order chi connectivity index (χ0) is 12.6. The molecule has 0 aliphatic carbocycles. The molecule has 0 atom stereocenters. The van der Waals surface area contributed by atoms with Gasteiger partial charge in [-0.05, 0) is 30.3 Å². The van der Waals surface area contributed by atoms with E-state index in [1.165, 1.54) is 12.1 Å². The summed E-state index contributed by atoms with van der Waals surface area (Å²) in [5.74, 6) is 0.103. The van der Waals surface area contributed by atoms with Gasteiger partial charge in [-0.1, -0.05) is 46.4 Å². The summed E-state index contributed by atoms with van der Waals surface area (Å²) in [6, 6.07) is 7.77. The van der Waals surface area contributed by atoms with Crippen molar-refractivity contribution in [3.63, 3.8) is 0 Å². The lowest BCUT2D eigenvalue weighted by Gasteiger charge is -2.09. The summed E-state index contributed by atoms with van der Waals surface area (Å²) >= 11 is 23.9. The van der Waals surface area contributed by atoms with Crippen molar-refractivity contribution < 1.29 is 5.11 Å². The molecule has 0 spiro atoms. The van der Waals surface area contributed by atoms with Gasteiger partial charge >= 0.3 is 0 Å². The molecule has 0 saturated carbocycles. The van der Waals surface area contributed by atoms with Crippen LogP contribution in [0.4, 0.5) is 0 Å². The Morgan fingerprint density at radius 3 is 1.94 bits per heavy atom. The van der Waals surface area contributed by atoms with Crippen molar-refractivity contribution in [2.75, 3.05) is 0 Å². The van der Waals surface area contributed by atoms with Crippen molar-refractivity contribution in [3.05, 3.63) is 50.4 Å². The molecular weight excluding hydrogens is 302 g/mol. The van der Waals surface area contributed by atoms with Crippen LogP contribution in [0.1, 0.15) is 0 Å². The van der Waals surface area contributed by atoms with Gasteiger partial charge in [0, 0.05) is 16.1 Å². The Balaban J connectivity index is 2.68. The largest absolute Gasteiger partial charge is 0.508 e. The standard InChI is InChI=1S/C12H6Cl4O/c13-9-2-1-6(17)3-7(9)8-4-11(15)12(16)5-10(8)14/h1-5,17H. The lowest BCUT2D eigenvalue weighted by atomic mass is 10.1. The lowest BCUT2D eigenvalue weighted by molar-refractivity contribution is 0.475. The summed E-state index contributed by atoms with van der Waals surface area (Å²) in [6.45, 7) is 0. The normalized spacial score (nSPS) is 10.6. The molecule has 0 radical (unpaired) electrons. The average Bonchev–Trinajstić information content (AvgIpc) is 2.27. The van der Waals surface area contributed by atoms with Crippen LogP contribution in [0.2, 0.25) is 20.1 Å². The first kappa shape index (κ1) is 12.8. The van der Waals surface area contributed by atoms with Crippen LogP contribution in [0.3, 0.4) is 0 Å². The van der Waals surface area contributed by atoms with E-state index in [9.17, 15) is 5.11 Å². The average molecular weight is 308 g/mol. The molecule has 0 aromatic heterocycles. The van der Waals surface area contributed by atoms with E-state index in [0.717, 1.165) is 0 Å². The van der Waals surface area contributed by atoms with Crippen LogP contribution in [0.5, 0.6) is 5.75 Å². The second-order valence-electron chi connectivity index (χ2n) is 3.41. The smallest absolute Gasteiger partial charge is 0.116 e. The molecule has 0 amide bonds. The highest BCUT2D eigenvalue weighted by molar-refractivity contribution is 6.44. The van der Waals surface area contributed by atoms with Gasteiger partial charge < -0.3 is 5.11 Å². The first-order chi connectivity index (χ1) is 7.99. The van der Waals surface area contributed by atoms with Gasteiger partial charge in [0.15, 0.2) is 0 Å². The van der Waals surface area contributed by atoms with Crippen molar-refractivity contribution in [2.45, 2.75) is 0 Å².